The van der Waals surface area contributed by atoms with Crippen LogP contribution in [-0.2, 0) is 0 Å². The molecule has 2 aromatic carbocycles. The summed E-state index contributed by atoms with van der Waals surface area (Å²) in [7, 11) is 0. The molecule has 0 heterocycles. The molecule has 0 atom stereocenters. The fourth-order valence-corrected chi connectivity index (χ4v) is 1.92. The Morgan fingerprint density at radius 3 is 2.33 bits per heavy atom. The van der Waals surface area contributed by atoms with Crippen LogP contribution in [0.2, 0.25) is 5.02 Å². The van der Waals surface area contributed by atoms with Gasteiger partial charge >= 0.3 is 6.03 Å². The molecule has 0 fully saturated rings. The second-order valence-corrected chi connectivity index (χ2v) is 5.22. The Bertz CT molecular complexity index is 557. The molecule has 92 valence electrons. The molecule has 0 bridgehead atoms. The van der Waals surface area contributed by atoms with Crippen LogP contribution in [0.4, 0.5) is 16.2 Å². The normalized spacial score (nSPS) is 9.89. The number of carbonyl (C=O) groups is 1. The molecule has 3 nitrogen and oxygen atoms in total. The van der Waals surface area contributed by atoms with Crippen molar-refractivity contribution in [1.82, 2.24) is 0 Å². The maximum Gasteiger partial charge on any atom is 0.323 e. The summed E-state index contributed by atoms with van der Waals surface area (Å²) in [5.74, 6) is 0. The Hall–Kier alpha value is -1.27. The zero-order chi connectivity index (χ0) is 13.0. The fraction of sp³-hybridized carbons (Fsp3) is 0. The quantitative estimate of drug-likeness (QED) is 0.744. The number of para-hydroxylation sites is 1. The van der Waals surface area contributed by atoms with Crippen molar-refractivity contribution in [3.05, 3.63) is 57.1 Å². The minimum atomic E-state index is -0.315. The van der Waals surface area contributed by atoms with Crippen LogP contribution in [0, 0.1) is 3.57 Å². The van der Waals surface area contributed by atoms with Gasteiger partial charge in [0.05, 0.1) is 10.7 Å². The van der Waals surface area contributed by atoms with Gasteiger partial charge in [0.1, 0.15) is 0 Å². The third-order valence-corrected chi connectivity index (χ3v) is 3.27. The van der Waals surface area contributed by atoms with E-state index in [9.17, 15) is 4.79 Å². The third-order valence-electron chi connectivity index (χ3n) is 2.22. The molecule has 18 heavy (non-hydrogen) atoms. The molecule has 2 rings (SSSR count). The first-order chi connectivity index (χ1) is 8.65. The van der Waals surface area contributed by atoms with Crippen molar-refractivity contribution in [3.63, 3.8) is 0 Å². The molecule has 0 saturated carbocycles. The van der Waals surface area contributed by atoms with Gasteiger partial charge in [-0.05, 0) is 59.0 Å². The molecule has 0 aliphatic rings. The molecule has 0 aromatic heterocycles. The van der Waals surface area contributed by atoms with E-state index in [1.165, 1.54) is 0 Å². The number of hydrogen-bond donors (Lipinski definition) is 2. The van der Waals surface area contributed by atoms with Crippen LogP contribution in [0.3, 0.4) is 0 Å². The van der Waals surface area contributed by atoms with Crippen molar-refractivity contribution in [2.45, 2.75) is 0 Å². The van der Waals surface area contributed by atoms with Gasteiger partial charge in [-0.15, -0.1) is 0 Å². The number of anilines is 2. The van der Waals surface area contributed by atoms with Gasteiger partial charge in [-0.25, -0.2) is 4.79 Å². The number of benzene rings is 2. The number of urea groups is 1. The summed E-state index contributed by atoms with van der Waals surface area (Å²) in [4.78, 5) is 11.7. The van der Waals surface area contributed by atoms with Gasteiger partial charge in [0.15, 0.2) is 0 Å². The van der Waals surface area contributed by atoms with E-state index in [0.717, 1.165) is 9.26 Å². The first-order valence-electron chi connectivity index (χ1n) is 5.23. The maximum atomic E-state index is 11.7. The standard InChI is InChI=1S/C13H10ClIN2O/c14-11-3-1-2-4-12(11)17-13(18)16-10-7-5-9(15)6-8-10/h1-8H,(H2,16,17,18). The first kappa shape index (κ1) is 13.2. The van der Waals surface area contributed by atoms with E-state index in [1.54, 1.807) is 12.1 Å². The van der Waals surface area contributed by atoms with Gasteiger partial charge in [0, 0.05) is 9.26 Å². The van der Waals surface area contributed by atoms with Gasteiger partial charge < -0.3 is 10.6 Å². The van der Waals surface area contributed by atoms with Gasteiger partial charge in [-0.1, -0.05) is 23.7 Å². The fourth-order valence-electron chi connectivity index (χ4n) is 1.38. The van der Waals surface area contributed by atoms with Crippen LogP contribution in [0.1, 0.15) is 0 Å². The monoisotopic (exact) mass is 372 g/mol. The number of amides is 2. The van der Waals surface area contributed by atoms with E-state index in [-0.39, 0.29) is 6.03 Å². The number of nitrogens with one attached hydrogen (secondary N) is 2. The van der Waals surface area contributed by atoms with E-state index in [1.807, 2.05) is 36.4 Å². The van der Waals surface area contributed by atoms with Gasteiger partial charge in [0.25, 0.3) is 0 Å². The topological polar surface area (TPSA) is 41.1 Å². The average molecular weight is 373 g/mol. The molecule has 2 N–H and O–H groups in total. The predicted molar refractivity (Wildman–Crippen MR) is 83.3 cm³/mol. The number of halogens is 2. The van der Waals surface area contributed by atoms with Crippen molar-refractivity contribution in [2.24, 2.45) is 0 Å². The van der Waals surface area contributed by atoms with Crippen molar-refractivity contribution in [1.29, 1.82) is 0 Å². The second kappa shape index (κ2) is 6.06. The Kier molecular flexibility index (Phi) is 4.43. The van der Waals surface area contributed by atoms with Crippen LogP contribution < -0.4 is 10.6 Å². The minimum absolute atomic E-state index is 0.315. The molecular formula is C13H10ClIN2O. The molecule has 0 aliphatic carbocycles. The second-order valence-electron chi connectivity index (χ2n) is 3.57. The summed E-state index contributed by atoms with van der Waals surface area (Å²) >= 11 is 8.16. The molecule has 0 radical (unpaired) electrons. The molecule has 2 aromatic rings. The highest BCUT2D eigenvalue weighted by molar-refractivity contribution is 14.1. The SMILES string of the molecule is O=C(Nc1ccc(I)cc1)Nc1ccccc1Cl. The lowest BCUT2D eigenvalue weighted by molar-refractivity contribution is 0.262. The van der Waals surface area contributed by atoms with Crippen LogP contribution in [-0.4, -0.2) is 6.03 Å². The molecule has 0 unspecified atom stereocenters. The average Bonchev–Trinajstić information content (AvgIpc) is 2.35. The maximum absolute atomic E-state index is 11.7. The lowest BCUT2D eigenvalue weighted by Gasteiger charge is -2.08. The summed E-state index contributed by atoms with van der Waals surface area (Å²) in [5, 5.41) is 5.93. The zero-order valence-corrected chi connectivity index (χ0v) is 12.2. The summed E-state index contributed by atoms with van der Waals surface area (Å²) < 4.78 is 1.12. The van der Waals surface area contributed by atoms with E-state index in [2.05, 4.69) is 33.2 Å². The lowest BCUT2D eigenvalue weighted by Crippen LogP contribution is -2.19. The molecule has 0 spiro atoms. The summed E-state index contributed by atoms with van der Waals surface area (Å²) in [5.41, 5.74) is 1.32. The molecular weight excluding hydrogens is 363 g/mol. The predicted octanol–water partition coefficient (Wildman–Crippen LogP) is 4.59. The first-order valence-corrected chi connectivity index (χ1v) is 6.69. The lowest BCUT2D eigenvalue weighted by atomic mass is 10.3. The Morgan fingerprint density at radius 2 is 1.67 bits per heavy atom. The van der Waals surface area contributed by atoms with E-state index < -0.39 is 0 Å². The molecule has 0 saturated heterocycles. The zero-order valence-electron chi connectivity index (χ0n) is 9.28. The highest BCUT2D eigenvalue weighted by atomic mass is 127. The van der Waals surface area contributed by atoms with Crippen LogP contribution >= 0.6 is 34.2 Å². The van der Waals surface area contributed by atoms with Gasteiger partial charge in [-0.2, -0.15) is 0 Å². The number of carbonyl (C=O) groups excluding carboxylic acids is 1. The van der Waals surface area contributed by atoms with Crippen molar-refractivity contribution in [3.8, 4) is 0 Å². The summed E-state index contributed by atoms with van der Waals surface area (Å²) in [6.07, 6.45) is 0. The van der Waals surface area contributed by atoms with E-state index in [0.29, 0.717) is 10.7 Å². The van der Waals surface area contributed by atoms with Crippen LogP contribution in [0.15, 0.2) is 48.5 Å². The van der Waals surface area contributed by atoms with E-state index in [4.69, 9.17) is 11.6 Å². The number of hydrogen-bond acceptors (Lipinski definition) is 1. The van der Waals surface area contributed by atoms with Crippen LogP contribution in [0.25, 0.3) is 0 Å². The Balaban J connectivity index is 2.01. The highest BCUT2D eigenvalue weighted by Crippen LogP contribution is 2.20. The molecule has 5 heteroatoms. The molecule has 0 aliphatic heterocycles. The highest BCUT2D eigenvalue weighted by Gasteiger charge is 2.04. The van der Waals surface area contributed by atoms with Crippen molar-refractivity contribution < 1.29 is 4.79 Å². The number of rotatable bonds is 2. The van der Waals surface area contributed by atoms with E-state index >= 15 is 0 Å². The van der Waals surface area contributed by atoms with Crippen LogP contribution in [0.5, 0.6) is 0 Å². The third kappa shape index (κ3) is 3.61. The van der Waals surface area contributed by atoms with Crippen molar-refractivity contribution >= 4 is 51.6 Å². The molecule has 2 amide bonds. The van der Waals surface area contributed by atoms with Gasteiger partial charge in [-0.3, -0.25) is 0 Å². The largest absolute Gasteiger partial charge is 0.323 e. The van der Waals surface area contributed by atoms with Crippen molar-refractivity contribution in [2.75, 3.05) is 10.6 Å². The Labute approximate surface area is 124 Å². The smallest absolute Gasteiger partial charge is 0.308 e. The summed E-state index contributed by atoms with van der Waals surface area (Å²) in [6.45, 7) is 0. The minimum Gasteiger partial charge on any atom is -0.308 e. The summed E-state index contributed by atoms with van der Waals surface area (Å²) in [6, 6.07) is 14.3. The Morgan fingerprint density at radius 1 is 1.00 bits per heavy atom. The van der Waals surface area contributed by atoms with Gasteiger partial charge in [0.2, 0.25) is 0 Å².